The van der Waals surface area contributed by atoms with Crippen LogP contribution in [0.4, 0.5) is 0 Å². The molecule has 0 fully saturated rings. The molecule has 3 aromatic carbocycles. The minimum absolute atomic E-state index is 0. The summed E-state index contributed by atoms with van der Waals surface area (Å²) in [5.41, 5.74) is 9.91. The van der Waals surface area contributed by atoms with Gasteiger partial charge in [0, 0.05) is 36.4 Å². The predicted octanol–water partition coefficient (Wildman–Crippen LogP) is 10.0. The Labute approximate surface area is 261 Å². The Balaban J connectivity index is 0.000000516. The molecule has 0 bridgehead atoms. The summed E-state index contributed by atoms with van der Waals surface area (Å²) >= 11 is 1.78. The van der Waals surface area contributed by atoms with E-state index in [1.807, 2.05) is 12.1 Å². The molecule has 5 heteroatoms. The minimum Gasteiger partial charge on any atom is -0.512 e. The zero-order valence-electron chi connectivity index (χ0n) is 24.6. The number of allylic oxidation sites excluding steroid dienone is 2. The van der Waals surface area contributed by atoms with Gasteiger partial charge in [-0.05, 0) is 72.7 Å². The number of fused-ring (bicyclic) bond motifs is 1. The first-order valence-corrected chi connectivity index (χ1v) is 14.2. The van der Waals surface area contributed by atoms with Crippen molar-refractivity contribution in [2.75, 3.05) is 0 Å². The summed E-state index contributed by atoms with van der Waals surface area (Å²) < 4.78 is 0. The van der Waals surface area contributed by atoms with Gasteiger partial charge in [-0.25, -0.2) is 0 Å². The van der Waals surface area contributed by atoms with Crippen molar-refractivity contribution in [1.29, 1.82) is 0 Å². The average Bonchev–Trinajstić information content (AvgIpc) is 3.30. The molecule has 3 nitrogen and oxygen atoms in total. The molecule has 1 radical (unpaired) electrons. The molecule has 5 aromatic rings. The summed E-state index contributed by atoms with van der Waals surface area (Å²) in [5, 5.41) is 9.55. The third-order valence-electron chi connectivity index (χ3n) is 6.62. The molecule has 213 valence electrons. The third kappa shape index (κ3) is 8.10. The summed E-state index contributed by atoms with van der Waals surface area (Å²) in [5.74, 6) is -0.0625. The van der Waals surface area contributed by atoms with Crippen molar-refractivity contribution in [1.82, 2.24) is 4.98 Å². The maximum atomic E-state index is 10.0. The topological polar surface area (TPSA) is 50.2 Å². The van der Waals surface area contributed by atoms with Gasteiger partial charge in [-0.2, -0.15) is 0 Å². The third-order valence-corrected chi connectivity index (χ3v) is 7.69. The average molecular weight is 739 g/mol. The van der Waals surface area contributed by atoms with Crippen LogP contribution in [0.1, 0.15) is 51.3 Å². The molecule has 0 amide bonds. The molecule has 0 unspecified atom stereocenters. The van der Waals surface area contributed by atoms with Crippen molar-refractivity contribution >= 4 is 27.3 Å². The van der Waals surface area contributed by atoms with Crippen LogP contribution in [0.5, 0.6) is 0 Å². The van der Waals surface area contributed by atoms with Crippen LogP contribution < -0.4 is 0 Å². The van der Waals surface area contributed by atoms with Gasteiger partial charge in [0.05, 0.1) is 5.76 Å². The van der Waals surface area contributed by atoms with Crippen LogP contribution >= 0.6 is 11.3 Å². The zero-order valence-corrected chi connectivity index (χ0v) is 27.8. The van der Waals surface area contributed by atoms with Gasteiger partial charge < -0.3 is 5.11 Å². The Morgan fingerprint density at radius 3 is 2.12 bits per heavy atom. The minimum atomic E-state index is -0.125. The van der Waals surface area contributed by atoms with Crippen LogP contribution in [0.25, 0.3) is 43.0 Å². The number of nitrogens with zero attached hydrogens (tertiary/aromatic N) is 1. The van der Waals surface area contributed by atoms with Crippen LogP contribution in [-0.4, -0.2) is 15.9 Å². The molecule has 0 spiro atoms. The van der Waals surface area contributed by atoms with E-state index >= 15 is 0 Å². The number of aliphatic hydroxyl groups is 1. The number of benzene rings is 3. The fourth-order valence-corrected chi connectivity index (χ4v) is 5.90. The first-order valence-electron chi connectivity index (χ1n) is 13.4. The number of hydrogen-bond donors (Lipinski definition) is 1. The number of aromatic nitrogens is 1. The molecular formula is C36H36IrNO2S-. The standard InChI is InChI=1S/C31H28NS.C5H8O2.Ir/c1-20-16-26(31(3,4)5)17-21(2)29(20)28-19-25-14-15-27(32-30(25)33-28)24-13-9-12-23(18-24)22-10-7-6-8-11-22;1-4(6)3-5(2)7;/h6-12,14-19H,1-5H3;3,6H,1-2H3;/q-1;;/b;4-3-;. The Morgan fingerprint density at radius 2 is 1.56 bits per heavy atom. The zero-order chi connectivity index (χ0) is 29.0. The van der Waals surface area contributed by atoms with E-state index in [-0.39, 0.29) is 37.1 Å². The number of hydrogen-bond acceptors (Lipinski definition) is 4. The number of aryl methyl sites for hydroxylation is 2. The van der Waals surface area contributed by atoms with E-state index in [0.29, 0.717) is 0 Å². The number of rotatable bonds is 4. The van der Waals surface area contributed by atoms with Crippen LogP contribution in [0.15, 0.2) is 90.7 Å². The molecule has 2 heterocycles. The molecule has 0 aliphatic carbocycles. The van der Waals surface area contributed by atoms with Gasteiger partial charge >= 0.3 is 0 Å². The van der Waals surface area contributed by atoms with E-state index in [9.17, 15) is 4.79 Å². The van der Waals surface area contributed by atoms with E-state index in [1.165, 1.54) is 63.6 Å². The molecule has 2 aromatic heterocycles. The van der Waals surface area contributed by atoms with Crippen molar-refractivity contribution in [3.63, 3.8) is 0 Å². The molecule has 1 N–H and O–H groups in total. The number of aliphatic hydroxyl groups excluding tert-OH is 1. The summed E-state index contributed by atoms with van der Waals surface area (Å²) in [6, 6.07) is 31.4. The van der Waals surface area contributed by atoms with Gasteiger partial charge in [-0.1, -0.05) is 75.4 Å². The Morgan fingerprint density at radius 1 is 0.902 bits per heavy atom. The fraction of sp³-hybridized carbons (Fsp3) is 0.222. The van der Waals surface area contributed by atoms with Crippen molar-refractivity contribution in [3.8, 4) is 32.8 Å². The largest absolute Gasteiger partial charge is 0.512 e. The number of carbonyl (C=O) groups excluding carboxylic acids is 1. The number of pyridine rings is 1. The van der Waals surface area contributed by atoms with E-state index < -0.39 is 0 Å². The second-order valence-corrected chi connectivity index (χ2v) is 12.2. The van der Waals surface area contributed by atoms with Crippen molar-refractivity contribution in [3.05, 3.63) is 113 Å². The van der Waals surface area contributed by atoms with Gasteiger partial charge in [0.1, 0.15) is 4.83 Å². The summed E-state index contributed by atoms with van der Waals surface area (Å²) in [7, 11) is 0. The van der Waals surface area contributed by atoms with Gasteiger partial charge in [0.2, 0.25) is 0 Å². The summed E-state index contributed by atoms with van der Waals surface area (Å²) in [4.78, 5) is 17.4. The number of ketones is 1. The van der Waals surface area contributed by atoms with E-state index in [4.69, 9.17) is 10.1 Å². The van der Waals surface area contributed by atoms with Crippen LogP contribution in [0.3, 0.4) is 0 Å². The number of carbonyl (C=O) groups is 1. The molecule has 5 rings (SSSR count). The van der Waals surface area contributed by atoms with Crippen LogP contribution in [0, 0.1) is 19.9 Å². The van der Waals surface area contributed by atoms with Crippen molar-refractivity contribution in [2.24, 2.45) is 0 Å². The van der Waals surface area contributed by atoms with Crippen LogP contribution in [0.2, 0.25) is 0 Å². The van der Waals surface area contributed by atoms with E-state index in [0.717, 1.165) is 16.1 Å². The second-order valence-electron chi connectivity index (χ2n) is 11.2. The smallest absolute Gasteiger partial charge is 0.155 e. The Kier molecular flexibility index (Phi) is 10.6. The maximum Gasteiger partial charge on any atom is 0.155 e. The molecule has 41 heavy (non-hydrogen) atoms. The molecule has 0 aliphatic rings. The van der Waals surface area contributed by atoms with Crippen molar-refractivity contribution in [2.45, 2.75) is 53.9 Å². The fourth-order valence-electron chi connectivity index (χ4n) is 4.69. The van der Waals surface area contributed by atoms with Gasteiger partial charge in [0.15, 0.2) is 5.78 Å². The summed E-state index contributed by atoms with van der Waals surface area (Å²) in [6.45, 7) is 14.1. The van der Waals surface area contributed by atoms with Crippen LogP contribution in [-0.2, 0) is 30.3 Å². The van der Waals surface area contributed by atoms with Crippen molar-refractivity contribution < 1.29 is 30.0 Å². The van der Waals surface area contributed by atoms with Gasteiger partial charge in [0.25, 0.3) is 0 Å². The maximum absolute atomic E-state index is 10.0. The summed E-state index contributed by atoms with van der Waals surface area (Å²) in [6.07, 6.45) is 1.17. The predicted molar refractivity (Wildman–Crippen MR) is 170 cm³/mol. The number of thiophene rings is 1. The van der Waals surface area contributed by atoms with Gasteiger partial charge in [-0.3, -0.25) is 9.78 Å². The molecule has 0 aliphatic heterocycles. The molecule has 0 saturated heterocycles. The first kappa shape index (κ1) is 32.1. The van der Waals surface area contributed by atoms with E-state index in [2.05, 4.69) is 107 Å². The normalized spacial score (nSPS) is 11.4. The molecule has 0 saturated carbocycles. The molecule has 0 atom stereocenters. The second kappa shape index (κ2) is 13.5. The monoisotopic (exact) mass is 739 g/mol. The van der Waals surface area contributed by atoms with E-state index in [1.54, 1.807) is 11.3 Å². The molecular weight excluding hydrogens is 703 g/mol. The first-order chi connectivity index (χ1) is 18.9. The SMILES string of the molecule is CC(=O)/C=C(/C)O.Cc1cc(C(C)(C)C)cc(C)c1-c1cc2ccc(-c3[c-]ccc(-c4ccccc4)c3)nc2s1.[Ir]. The Bertz CT molecular complexity index is 1670. The Hall–Kier alpha value is -3.37. The quantitative estimate of drug-likeness (QED) is 0.114. The van der Waals surface area contributed by atoms with Gasteiger partial charge in [-0.15, -0.1) is 46.7 Å².